The summed E-state index contributed by atoms with van der Waals surface area (Å²) in [6.45, 7) is 4.63. The summed E-state index contributed by atoms with van der Waals surface area (Å²) in [7, 11) is 0. The van der Waals surface area contributed by atoms with E-state index in [2.05, 4.69) is 19.2 Å². The first-order chi connectivity index (χ1) is 12.1. The number of anilines is 2. The maximum absolute atomic E-state index is 12.5. The second-order valence-corrected chi connectivity index (χ2v) is 6.47. The zero-order valence-electron chi connectivity index (χ0n) is 14.8. The van der Waals surface area contributed by atoms with Gasteiger partial charge < -0.3 is 10.2 Å². The maximum Gasteiger partial charge on any atom is 0.229 e. The molecule has 1 saturated heterocycles. The number of carbonyl (C=O) groups is 2. The first kappa shape index (κ1) is 17.2. The highest BCUT2D eigenvalue weighted by Crippen LogP contribution is 2.26. The van der Waals surface area contributed by atoms with E-state index in [1.807, 2.05) is 48.5 Å². The predicted molar refractivity (Wildman–Crippen MR) is 101 cm³/mol. The molecule has 4 heteroatoms. The molecule has 3 rings (SSSR count). The molecule has 1 heterocycles. The van der Waals surface area contributed by atoms with E-state index < -0.39 is 0 Å². The van der Waals surface area contributed by atoms with E-state index in [0.717, 1.165) is 24.2 Å². The number of amides is 2. The fraction of sp³-hybridized carbons (Fsp3) is 0.333. The lowest BCUT2D eigenvalue weighted by molar-refractivity contribution is -0.122. The van der Waals surface area contributed by atoms with Crippen molar-refractivity contribution in [3.05, 3.63) is 59.7 Å². The highest BCUT2D eigenvalue weighted by Gasteiger charge is 2.35. The van der Waals surface area contributed by atoms with Gasteiger partial charge in [-0.2, -0.15) is 0 Å². The summed E-state index contributed by atoms with van der Waals surface area (Å²) in [5.41, 5.74) is 4.11. The molecule has 130 valence electrons. The molecule has 1 aliphatic heterocycles. The van der Waals surface area contributed by atoms with E-state index >= 15 is 0 Å². The molecule has 1 atom stereocenters. The number of aryl methyl sites for hydroxylation is 2. The summed E-state index contributed by atoms with van der Waals surface area (Å²) in [5.74, 6) is -0.403. The fourth-order valence-corrected chi connectivity index (χ4v) is 3.11. The van der Waals surface area contributed by atoms with Crippen LogP contribution in [0.2, 0.25) is 0 Å². The highest BCUT2D eigenvalue weighted by atomic mass is 16.2. The third-order valence-electron chi connectivity index (χ3n) is 4.78. The quantitative estimate of drug-likeness (QED) is 0.903. The standard InChI is InChI=1S/C21H24N2O2/c1-3-15-5-9-18(10-6-15)22-21(25)17-13-20(24)23(14-17)19-11-7-16(4-2)8-12-19/h5-12,17H,3-4,13-14H2,1-2H3,(H,22,25)/t17-/m1/s1. The van der Waals surface area contributed by atoms with E-state index in [-0.39, 0.29) is 24.2 Å². The van der Waals surface area contributed by atoms with E-state index in [1.54, 1.807) is 4.90 Å². The molecule has 1 aliphatic rings. The molecule has 4 nitrogen and oxygen atoms in total. The SMILES string of the molecule is CCc1ccc(NC(=O)[C@@H]2CC(=O)N(c3ccc(CC)cc3)C2)cc1. The number of rotatable bonds is 5. The van der Waals surface area contributed by atoms with Crippen LogP contribution in [0, 0.1) is 5.92 Å². The predicted octanol–water partition coefficient (Wildman–Crippen LogP) is 3.80. The van der Waals surface area contributed by atoms with Gasteiger partial charge in [-0.25, -0.2) is 0 Å². The molecule has 2 aromatic carbocycles. The average molecular weight is 336 g/mol. The van der Waals surface area contributed by atoms with Gasteiger partial charge in [0, 0.05) is 24.3 Å². The van der Waals surface area contributed by atoms with Crippen molar-refractivity contribution in [2.45, 2.75) is 33.1 Å². The number of nitrogens with zero attached hydrogens (tertiary/aromatic N) is 1. The molecule has 0 bridgehead atoms. The normalized spacial score (nSPS) is 17.0. The monoisotopic (exact) mass is 336 g/mol. The molecule has 0 aliphatic carbocycles. The number of carbonyl (C=O) groups excluding carboxylic acids is 2. The van der Waals surface area contributed by atoms with Crippen molar-refractivity contribution >= 4 is 23.2 Å². The summed E-state index contributed by atoms with van der Waals surface area (Å²) in [4.78, 5) is 26.5. The van der Waals surface area contributed by atoms with Gasteiger partial charge in [0.25, 0.3) is 0 Å². The first-order valence-electron chi connectivity index (χ1n) is 8.89. The van der Waals surface area contributed by atoms with Gasteiger partial charge in [-0.05, 0) is 48.2 Å². The van der Waals surface area contributed by atoms with Crippen molar-refractivity contribution in [1.82, 2.24) is 0 Å². The van der Waals surface area contributed by atoms with Crippen LogP contribution in [0.1, 0.15) is 31.4 Å². The zero-order chi connectivity index (χ0) is 17.8. The van der Waals surface area contributed by atoms with Crippen LogP contribution in [0.4, 0.5) is 11.4 Å². The Morgan fingerprint density at radius 2 is 1.56 bits per heavy atom. The minimum atomic E-state index is -0.316. The van der Waals surface area contributed by atoms with Gasteiger partial charge in [0.15, 0.2) is 0 Å². The zero-order valence-corrected chi connectivity index (χ0v) is 14.8. The van der Waals surface area contributed by atoms with Gasteiger partial charge in [0.1, 0.15) is 0 Å². The molecule has 1 fully saturated rings. The molecule has 1 N–H and O–H groups in total. The van der Waals surface area contributed by atoms with Crippen LogP contribution in [0.25, 0.3) is 0 Å². The molecule has 0 saturated carbocycles. The van der Waals surface area contributed by atoms with Crippen molar-refractivity contribution in [1.29, 1.82) is 0 Å². The van der Waals surface area contributed by atoms with Crippen LogP contribution in [-0.2, 0) is 22.4 Å². The largest absolute Gasteiger partial charge is 0.326 e. The molecular formula is C21H24N2O2. The van der Waals surface area contributed by atoms with Crippen LogP contribution in [0.15, 0.2) is 48.5 Å². The van der Waals surface area contributed by atoms with Crippen molar-refractivity contribution in [3.63, 3.8) is 0 Å². The van der Waals surface area contributed by atoms with Crippen molar-refractivity contribution in [2.75, 3.05) is 16.8 Å². The lowest BCUT2D eigenvalue weighted by Crippen LogP contribution is -2.28. The Morgan fingerprint density at radius 1 is 1.00 bits per heavy atom. The lowest BCUT2D eigenvalue weighted by Gasteiger charge is -2.17. The van der Waals surface area contributed by atoms with E-state index in [0.29, 0.717) is 6.54 Å². The van der Waals surface area contributed by atoms with Gasteiger partial charge in [-0.15, -0.1) is 0 Å². The third-order valence-corrected chi connectivity index (χ3v) is 4.78. The Kier molecular flexibility index (Phi) is 5.17. The number of nitrogens with one attached hydrogen (secondary N) is 1. The first-order valence-corrected chi connectivity index (χ1v) is 8.89. The second-order valence-electron chi connectivity index (χ2n) is 6.47. The average Bonchev–Trinajstić information content (AvgIpc) is 3.04. The molecule has 2 aromatic rings. The van der Waals surface area contributed by atoms with Crippen molar-refractivity contribution in [3.8, 4) is 0 Å². The molecule has 0 aromatic heterocycles. The molecular weight excluding hydrogens is 312 g/mol. The summed E-state index contributed by atoms with van der Waals surface area (Å²) >= 11 is 0. The Hall–Kier alpha value is -2.62. The molecule has 2 amide bonds. The Morgan fingerprint density at radius 3 is 2.12 bits per heavy atom. The van der Waals surface area contributed by atoms with Gasteiger partial charge in [-0.3, -0.25) is 9.59 Å². The van der Waals surface area contributed by atoms with Crippen molar-refractivity contribution in [2.24, 2.45) is 5.92 Å². The lowest BCUT2D eigenvalue weighted by atomic mass is 10.1. The summed E-state index contributed by atoms with van der Waals surface area (Å²) in [6, 6.07) is 15.8. The highest BCUT2D eigenvalue weighted by molar-refractivity contribution is 6.03. The number of benzene rings is 2. The molecule has 25 heavy (non-hydrogen) atoms. The molecule has 0 radical (unpaired) electrons. The van der Waals surface area contributed by atoms with Gasteiger partial charge >= 0.3 is 0 Å². The second kappa shape index (κ2) is 7.51. The number of hydrogen-bond acceptors (Lipinski definition) is 2. The minimum absolute atomic E-state index is 0.00530. The molecule has 0 spiro atoms. The summed E-state index contributed by atoms with van der Waals surface area (Å²) in [6.07, 6.45) is 2.20. The Labute approximate surface area is 148 Å². The topological polar surface area (TPSA) is 49.4 Å². The molecule has 0 unspecified atom stereocenters. The third kappa shape index (κ3) is 3.90. The van der Waals surface area contributed by atoms with Crippen LogP contribution < -0.4 is 10.2 Å². The van der Waals surface area contributed by atoms with Gasteiger partial charge in [0.05, 0.1) is 5.92 Å². The maximum atomic E-state index is 12.5. The van der Waals surface area contributed by atoms with Gasteiger partial charge in [-0.1, -0.05) is 38.1 Å². The smallest absolute Gasteiger partial charge is 0.229 e. The van der Waals surface area contributed by atoms with E-state index in [9.17, 15) is 9.59 Å². The fourth-order valence-electron chi connectivity index (χ4n) is 3.11. The summed E-state index contributed by atoms with van der Waals surface area (Å²) < 4.78 is 0. The number of hydrogen-bond donors (Lipinski definition) is 1. The Balaban J connectivity index is 1.65. The van der Waals surface area contributed by atoms with Crippen molar-refractivity contribution < 1.29 is 9.59 Å². The minimum Gasteiger partial charge on any atom is -0.326 e. The van der Waals surface area contributed by atoms with Crippen LogP contribution in [0.3, 0.4) is 0 Å². The van der Waals surface area contributed by atoms with Crippen LogP contribution >= 0.6 is 0 Å². The van der Waals surface area contributed by atoms with Gasteiger partial charge in [0.2, 0.25) is 11.8 Å². The van der Waals surface area contributed by atoms with Crippen LogP contribution in [0.5, 0.6) is 0 Å². The van der Waals surface area contributed by atoms with E-state index in [4.69, 9.17) is 0 Å². The van der Waals surface area contributed by atoms with E-state index in [1.165, 1.54) is 11.1 Å². The van der Waals surface area contributed by atoms with Crippen LogP contribution in [-0.4, -0.2) is 18.4 Å². The Bertz CT molecular complexity index is 750. The summed E-state index contributed by atoms with van der Waals surface area (Å²) in [5, 5.41) is 2.93.